The first-order chi connectivity index (χ1) is 11.6. The molecular formula is C19H19N3O2. The second-order valence-electron chi connectivity index (χ2n) is 5.60. The molecule has 1 heterocycles. The van der Waals surface area contributed by atoms with E-state index in [-0.39, 0.29) is 12.3 Å². The lowest BCUT2D eigenvalue weighted by Crippen LogP contribution is -2.29. The molecule has 0 saturated heterocycles. The van der Waals surface area contributed by atoms with E-state index in [4.69, 9.17) is 4.84 Å². The van der Waals surface area contributed by atoms with Crippen LogP contribution >= 0.6 is 0 Å². The molecule has 1 N–H and O–H groups in total. The maximum absolute atomic E-state index is 12.1. The highest BCUT2D eigenvalue weighted by molar-refractivity contribution is 5.78. The molecule has 0 aliphatic rings. The molecule has 3 rings (SSSR count). The summed E-state index contributed by atoms with van der Waals surface area (Å²) in [4.78, 5) is 17.6. The fourth-order valence-electron chi connectivity index (χ4n) is 2.43. The molecule has 0 radical (unpaired) electrons. The van der Waals surface area contributed by atoms with Gasteiger partial charge in [0.25, 0.3) is 5.91 Å². The van der Waals surface area contributed by atoms with Crippen molar-refractivity contribution in [3.8, 4) is 11.6 Å². The highest BCUT2D eigenvalue weighted by Crippen LogP contribution is 2.18. The molecule has 0 fully saturated rings. The van der Waals surface area contributed by atoms with Gasteiger partial charge in [0.1, 0.15) is 0 Å². The molecule has 0 spiro atoms. The number of aromatic nitrogens is 2. The Labute approximate surface area is 140 Å². The van der Waals surface area contributed by atoms with Crippen LogP contribution in [0.5, 0.6) is 5.88 Å². The van der Waals surface area contributed by atoms with Gasteiger partial charge in [0.15, 0.2) is 0 Å². The van der Waals surface area contributed by atoms with Crippen molar-refractivity contribution in [2.45, 2.75) is 20.3 Å². The molecule has 122 valence electrons. The van der Waals surface area contributed by atoms with E-state index in [2.05, 4.69) is 10.6 Å². The third kappa shape index (κ3) is 3.63. The average molecular weight is 321 g/mol. The van der Waals surface area contributed by atoms with Crippen molar-refractivity contribution in [2.24, 2.45) is 0 Å². The van der Waals surface area contributed by atoms with E-state index in [1.807, 2.05) is 68.4 Å². The lowest BCUT2D eigenvalue weighted by Gasteiger charge is -2.10. The number of benzene rings is 2. The molecule has 0 atom stereocenters. The number of hydrogen-bond donors (Lipinski definition) is 1. The van der Waals surface area contributed by atoms with Crippen molar-refractivity contribution in [2.75, 3.05) is 0 Å². The normalized spacial score (nSPS) is 10.4. The van der Waals surface area contributed by atoms with Crippen molar-refractivity contribution in [1.82, 2.24) is 15.3 Å². The zero-order chi connectivity index (χ0) is 16.9. The number of carbonyl (C=O) groups is 1. The van der Waals surface area contributed by atoms with E-state index < -0.39 is 0 Å². The van der Waals surface area contributed by atoms with Crippen molar-refractivity contribution in [1.29, 1.82) is 0 Å². The topological polar surface area (TPSA) is 56.1 Å². The van der Waals surface area contributed by atoms with E-state index in [0.29, 0.717) is 5.88 Å². The number of carbonyl (C=O) groups excluding carboxylic acids is 1. The third-order valence-corrected chi connectivity index (χ3v) is 3.68. The Kier molecular flexibility index (Phi) is 4.61. The molecule has 0 aliphatic carbocycles. The molecule has 0 aliphatic heterocycles. The van der Waals surface area contributed by atoms with Gasteiger partial charge < -0.3 is 4.84 Å². The van der Waals surface area contributed by atoms with Crippen LogP contribution < -0.4 is 10.3 Å². The number of amides is 1. The molecule has 5 nitrogen and oxygen atoms in total. The Balaban J connectivity index is 1.69. The predicted octanol–water partition coefficient (Wildman–Crippen LogP) is 3.14. The fraction of sp³-hybridized carbons (Fsp3) is 0.158. The molecule has 3 aromatic rings. The summed E-state index contributed by atoms with van der Waals surface area (Å²) in [6.07, 6.45) is 0.269. The number of nitrogens with zero attached hydrogens (tertiary/aromatic N) is 2. The minimum atomic E-state index is -0.206. The van der Waals surface area contributed by atoms with Gasteiger partial charge in [-0.05, 0) is 37.1 Å². The zero-order valence-electron chi connectivity index (χ0n) is 13.7. The summed E-state index contributed by atoms with van der Waals surface area (Å²) >= 11 is 0. The average Bonchev–Trinajstić information content (AvgIpc) is 2.97. The van der Waals surface area contributed by atoms with Crippen LogP contribution in [0, 0.1) is 13.8 Å². The summed E-state index contributed by atoms with van der Waals surface area (Å²) in [5.41, 5.74) is 6.23. The molecule has 1 aromatic heterocycles. The highest BCUT2D eigenvalue weighted by atomic mass is 16.7. The molecule has 0 saturated carbocycles. The van der Waals surface area contributed by atoms with Gasteiger partial charge in [-0.1, -0.05) is 42.5 Å². The van der Waals surface area contributed by atoms with Crippen LogP contribution in [0.15, 0.2) is 60.7 Å². The van der Waals surface area contributed by atoms with Gasteiger partial charge in [-0.25, -0.2) is 0 Å². The van der Waals surface area contributed by atoms with E-state index in [1.54, 1.807) is 10.7 Å². The minimum absolute atomic E-state index is 0.206. The van der Waals surface area contributed by atoms with Crippen molar-refractivity contribution < 1.29 is 9.63 Å². The Morgan fingerprint density at radius 1 is 1.08 bits per heavy atom. The number of nitrogens with one attached hydrogen (secondary N) is 1. The predicted molar refractivity (Wildman–Crippen MR) is 92.0 cm³/mol. The monoisotopic (exact) mass is 321 g/mol. The molecular weight excluding hydrogens is 302 g/mol. The fourth-order valence-corrected chi connectivity index (χ4v) is 2.43. The van der Waals surface area contributed by atoms with E-state index >= 15 is 0 Å². The zero-order valence-corrected chi connectivity index (χ0v) is 13.7. The lowest BCUT2D eigenvalue weighted by atomic mass is 10.1. The van der Waals surface area contributed by atoms with Crippen LogP contribution in [0.3, 0.4) is 0 Å². The van der Waals surface area contributed by atoms with Gasteiger partial charge in [0.05, 0.1) is 17.8 Å². The van der Waals surface area contributed by atoms with Crippen molar-refractivity contribution in [3.05, 3.63) is 77.5 Å². The van der Waals surface area contributed by atoms with Crippen LogP contribution in [0.25, 0.3) is 5.69 Å². The van der Waals surface area contributed by atoms with Crippen LogP contribution in [0.4, 0.5) is 0 Å². The first-order valence-corrected chi connectivity index (χ1v) is 7.76. The van der Waals surface area contributed by atoms with E-state index in [9.17, 15) is 4.79 Å². The second-order valence-corrected chi connectivity index (χ2v) is 5.60. The van der Waals surface area contributed by atoms with Gasteiger partial charge in [-0.2, -0.15) is 15.3 Å². The Hall–Kier alpha value is -3.08. The number of aryl methyl sites for hydroxylation is 2. The van der Waals surface area contributed by atoms with Crippen molar-refractivity contribution in [3.63, 3.8) is 0 Å². The number of para-hydroxylation sites is 1. The van der Waals surface area contributed by atoms with Crippen LogP contribution in [0.1, 0.15) is 16.8 Å². The van der Waals surface area contributed by atoms with Crippen LogP contribution in [0.2, 0.25) is 0 Å². The number of hydrogen-bond acceptors (Lipinski definition) is 3. The second kappa shape index (κ2) is 7.00. The van der Waals surface area contributed by atoms with Gasteiger partial charge in [-0.15, -0.1) is 0 Å². The quantitative estimate of drug-likeness (QED) is 0.735. The van der Waals surface area contributed by atoms with Gasteiger partial charge in [0.2, 0.25) is 5.88 Å². The molecule has 24 heavy (non-hydrogen) atoms. The van der Waals surface area contributed by atoms with Crippen LogP contribution in [-0.4, -0.2) is 15.7 Å². The maximum atomic E-state index is 12.1. The Bertz CT molecular complexity index is 841. The molecule has 0 unspecified atom stereocenters. The third-order valence-electron chi connectivity index (χ3n) is 3.68. The number of rotatable bonds is 5. The molecule has 1 amide bonds. The van der Waals surface area contributed by atoms with Gasteiger partial charge in [0, 0.05) is 6.07 Å². The SMILES string of the molecule is Cc1cc(ONC(=O)Cc2ccccc2C)n(-c2ccccc2)n1. The molecule has 5 heteroatoms. The molecule has 2 aromatic carbocycles. The summed E-state index contributed by atoms with van der Waals surface area (Å²) < 4.78 is 1.66. The van der Waals surface area contributed by atoms with Crippen LogP contribution in [-0.2, 0) is 11.2 Å². The summed E-state index contributed by atoms with van der Waals surface area (Å²) in [5.74, 6) is 0.264. The smallest absolute Gasteiger partial charge is 0.257 e. The van der Waals surface area contributed by atoms with Crippen molar-refractivity contribution >= 4 is 5.91 Å². The first kappa shape index (κ1) is 15.8. The lowest BCUT2D eigenvalue weighted by molar-refractivity contribution is -0.127. The molecule has 0 bridgehead atoms. The van der Waals surface area contributed by atoms with Gasteiger partial charge in [-0.3, -0.25) is 4.79 Å². The highest BCUT2D eigenvalue weighted by Gasteiger charge is 2.11. The summed E-state index contributed by atoms with van der Waals surface area (Å²) in [6.45, 7) is 3.86. The maximum Gasteiger partial charge on any atom is 0.257 e. The minimum Gasteiger partial charge on any atom is -0.359 e. The Morgan fingerprint density at radius 2 is 1.79 bits per heavy atom. The summed E-state index contributed by atoms with van der Waals surface area (Å²) in [6, 6.07) is 19.2. The summed E-state index contributed by atoms with van der Waals surface area (Å²) in [7, 11) is 0. The van der Waals surface area contributed by atoms with Gasteiger partial charge >= 0.3 is 0 Å². The Morgan fingerprint density at radius 3 is 2.54 bits per heavy atom. The number of hydroxylamine groups is 1. The summed E-state index contributed by atoms with van der Waals surface area (Å²) in [5, 5.41) is 4.40. The standard InChI is InChI=1S/C19H19N3O2/c1-14-8-6-7-9-16(14)13-18(23)21-24-19-12-15(2)20-22(19)17-10-4-3-5-11-17/h3-12H,13H2,1-2H3,(H,21,23). The first-order valence-electron chi connectivity index (χ1n) is 7.76. The van der Waals surface area contributed by atoms with E-state index in [0.717, 1.165) is 22.5 Å². The van der Waals surface area contributed by atoms with E-state index in [1.165, 1.54) is 0 Å². The largest absolute Gasteiger partial charge is 0.359 e.